The van der Waals surface area contributed by atoms with E-state index in [1.165, 1.54) is 25.1 Å². The van der Waals surface area contributed by atoms with Gasteiger partial charge >= 0.3 is 5.97 Å². The molecule has 3 heterocycles. The lowest BCUT2D eigenvalue weighted by atomic mass is 9.71. The normalized spacial score (nSPS) is 26.5. The summed E-state index contributed by atoms with van der Waals surface area (Å²) in [5.74, 6) is 0.777. The predicted octanol–water partition coefficient (Wildman–Crippen LogP) is 4.25. The van der Waals surface area contributed by atoms with Gasteiger partial charge in [-0.3, -0.25) is 9.79 Å². The third-order valence-corrected chi connectivity index (χ3v) is 6.57. The van der Waals surface area contributed by atoms with E-state index in [1.807, 2.05) is 11.5 Å². The quantitative estimate of drug-likeness (QED) is 0.822. The van der Waals surface area contributed by atoms with Crippen molar-refractivity contribution in [3.8, 4) is 0 Å². The van der Waals surface area contributed by atoms with E-state index >= 15 is 0 Å². The molecule has 1 aliphatic carbocycles. The fourth-order valence-electron chi connectivity index (χ4n) is 4.66. The van der Waals surface area contributed by atoms with Crippen LogP contribution in [-0.4, -0.2) is 28.0 Å². The second-order valence-corrected chi connectivity index (χ2v) is 9.86. The van der Waals surface area contributed by atoms with Crippen molar-refractivity contribution in [2.24, 2.45) is 28.2 Å². The molecule has 0 bridgehead atoms. The molecule has 0 spiro atoms. The topological polar surface area (TPSA) is 80.9 Å². The average Bonchev–Trinajstić information content (AvgIpc) is 3.44. The van der Waals surface area contributed by atoms with Crippen LogP contribution in [0, 0.1) is 23.2 Å². The van der Waals surface area contributed by atoms with Gasteiger partial charge in [-0.05, 0) is 37.5 Å². The number of fused-ring (bicyclic) bond motifs is 3. The van der Waals surface area contributed by atoms with Gasteiger partial charge < -0.3 is 14.4 Å². The highest BCUT2D eigenvalue weighted by Crippen LogP contribution is 2.46. The summed E-state index contributed by atoms with van der Waals surface area (Å²) in [4.78, 5) is 28.9. The van der Waals surface area contributed by atoms with Gasteiger partial charge in [0.2, 0.25) is 0 Å². The summed E-state index contributed by atoms with van der Waals surface area (Å²) in [5.41, 5.74) is 1.72. The Bertz CT molecular complexity index is 976. The van der Waals surface area contributed by atoms with Crippen molar-refractivity contribution in [1.29, 1.82) is 0 Å². The van der Waals surface area contributed by atoms with Crippen LogP contribution in [0.1, 0.15) is 76.0 Å². The molecule has 29 heavy (non-hydrogen) atoms. The Morgan fingerprint density at radius 3 is 2.62 bits per heavy atom. The number of hydrogen-bond acceptors (Lipinski definition) is 4. The molecule has 6 nitrogen and oxygen atoms in total. The van der Waals surface area contributed by atoms with Crippen LogP contribution in [0.15, 0.2) is 33.5 Å². The smallest absolute Gasteiger partial charge is 0.341 e. The molecular formula is C23H30N2O4. The first-order chi connectivity index (χ1) is 13.6. The maximum absolute atomic E-state index is 12.5. The van der Waals surface area contributed by atoms with Gasteiger partial charge in [-0.25, -0.2) is 4.79 Å². The van der Waals surface area contributed by atoms with Crippen LogP contribution in [0.4, 0.5) is 0 Å². The molecule has 1 saturated carbocycles. The first-order valence-corrected chi connectivity index (χ1v) is 10.5. The summed E-state index contributed by atoms with van der Waals surface area (Å²) >= 11 is 0. The summed E-state index contributed by atoms with van der Waals surface area (Å²) in [7, 11) is 0. The molecule has 0 aromatic carbocycles. The lowest BCUT2D eigenvalue weighted by Crippen LogP contribution is -2.43. The number of carboxylic acid groups (broad SMARTS) is 1. The maximum Gasteiger partial charge on any atom is 0.341 e. The molecule has 6 heteroatoms. The predicted molar refractivity (Wildman–Crippen MR) is 111 cm³/mol. The van der Waals surface area contributed by atoms with Crippen molar-refractivity contribution in [2.75, 3.05) is 6.61 Å². The Labute approximate surface area is 171 Å². The Hall–Kier alpha value is -2.37. The molecule has 4 rings (SSSR count). The third-order valence-electron chi connectivity index (χ3n) is 6.57. The second-order valence-electron chi connectivity index (χ2n) is 9.86. The van der Waals surface area contributed by atoms with Crippen molar-refractivity contribution >= 4 is 11.7 Å². The van der Waals surface area contributed by atoms with E-state index in [0.29, 0.717) is 5.92 Å². The van der Waals surface area contributed by atoms with Crippen LogP contribution in [0.2, 0.25) is 0 Å². The van der Waals surface area contributed by atoms with Crippen LogP contribution in [0.3, 0.4) is 0 Å². The zero-order valence-electron chi connectivity index (χ0n) is 17.9. The van der Waals surface area contributed by atoms with Crippen molar-refractivity contribution in [1.82, 2.24) is 4.57 Å². The number of carbonyl (C=O) groups is 1. The molecule has 0 saturated heterocycles. The van der Waals surface area contributed by atoms with E-state index in [1.54, 1.807) is 0 Å². The Balaban J connectivity index is 1.84. The second kappa shape index (κ2) is 6.85. The first kappa shape index (κ1) is 19.9. The van der Waals surface area contributed by atoms with Crippen LogP contribution < -0.4 is 5.43 Å². The summed E-state index contributed by atoms with van der Waals surface area (Å²) in [5, 5.41) is 9.45. The molecule has 1 aromatic heterocycles. The average molecular weight is 399 g/mol. The Morgan fingerprint density at radius 2 is 2.03 bits per heavy atom. The number of aromatic carboxylic acids is 1. The van der Waals surface area contributed by atoms with Gasteiger partial charge in [0.15, 0.2) is 5.43 Å². The molecule has 156 valence electrons. The lowest BCUT2D eigenvalue weighted by Gasteiger charge is -2.45. The minimum Gasteiger partial charge on any atom is -0.495 e. The molecule has 0 radical (unpaired) electrons. The molecule has 3 aliphatic rings. The number of aliphatic imine (C=N–C) groups is 1. The van der Waals surface area contributed by atoms with Gasteiger partial charge in [0.1, 0.15) is 11.3 Å². The molecule has 2 aliphatic heterocycles. The summed E-state index contributed by atoms with van der Waals surface area (Å²) < 4.78 is 8.16. The van der Waals surface area contributed by atoms with Crippen molar-refractivity contribution in [3.63, 3.8) is 0 Å². The van der Waals surface area contributed by atoms with Crippen LogP contribution in [-0.2, 0) is 4.74 Å². The van der Waals surface area contributed by atoms with Gasteiger partial charge in [0.25, 0.3) is 0 Å². The number of nitrogens with zero attached hydrogens (tertiary/aromatic N) is 2. The SMILES string of the molecule is CC1=C(OCC2CC2)C(C)C2C[C@@H](C(C)(C)C)n3cc(C(=O)O)c(=O)cc3C2=N1. The highest BCUT2D eigenvalue weighted by atomic mass is 16.5. The fourth-order valence-corrected chi connectivity index (χ4v) is 4.66. The van der Waals surface area contributed by atoms with E-state index < -0.39 is 11.4 Å². The van der Waals surface area contributed by atoms with Gasteiger partial charge in [-0.2, -0.15) is 0 Å². The van der Waals surface area contributed by atoms with Crippen molar-refractivity contribution in [2.45, 2.75) is 59.9 Å². The van der Waals surface area contributed by atoms with Gasteiger partial charge in [-0.1, -0.05) is 27.7 Å². The minimum atomic E-state index is -1.19. The van der Waals surface area contributed by atoms with Crippen LogP contribution in [0.5, 0.6) is 0 Å². The minimum absolute atomic E-state index is 0.0608. The highest BCUT2D eigenvalue weighted by molar-refractivity contribution is 6.03. The number of ether oxygens (including phenoxy) is 1. The van der Waals surface area contributed by atoms with Crippen LogP contribution >= 0.6 is 0 Å². The van der Waals surface area contributed by atoms with Gasteiger partial charge in [-0.15, -0.1) is 0 Å². The highest BCUT2D eigenvalue weighted by Gasteiger charge is 2.43. The number of hydrogen-bond donors (Lipinski definition) is 1. The molecule has 1 fully saturated rings. The van der Waals surface area contributed by atoms with Crippen molar-refractivity contribution < 1.29 is 14.6 Å². The van der Waals surface area contributed by atoms with Gasteiger partial charge in [0.05, 0.1) is 23.7 Å². The molecule has 1 aromatic rings. The number of allylic oxidation sites excluding steroid dienone is 2. The van der Waals surface area contributed by atoms with E-state index in [4.69, 9.17) is 9.73 Å². The van der Waals surface area contributed by atoms with Crippen molar-refractivity contribution in [3.05, 3.63) is 45.2 Å². The lowest BCUT2D eigenvalue weighted by molar-refractivity contribution is 0.0693. The molecule has 0 amide bonds. The molecule has 3 atom stereocenters. The molecular weight excluding hydrogens is 368 g/mol. The van der Waals surface area contributed by atoms with E-state index in [-0.39, 0.29) is 28.9 Å². The molecule has 1 N–H and O–H groups in total. The molecule has 2 unspecified atom stereocenters. The first-order valence-electron chi connectivity index (χ1n) is 10.5. The standard InChI is InChI=1S/C23H30N2O4/c1-12-15-8-19(23(3,4)5)25-10-16(22(27)28)18(26)9-17(25)20(15)24-13(2)21(12)29-11-14-6-7-14/h9-10,12,14-15,19H,6-8,11H2,1-5H3,(H,27,28)/t12?,15?,19-/m0/s1. The van der Waals surface area contributed by atoms with E-state index in [9.17, 15) is 14.7 Å². The number of rotatable bonds is 4. The maximum atomic E-state index is 12.5. The number of aromatic nitrogens is 1. The summed E-state index contributed by atoms with van der Waals surface area (Å²) in [6, 6.07) is 1.52. The third kappa shape index (κ3) is 3.53. The van der Waals surface area contributed by atoms with E-state index in [0.717, 1.165) is 35.9 Å². The zero-order chi connectivity index (χ0) is 21.1. The zero-order valence-corrected chi connectivity index (χ0v) is 17.9. The largest absolute Gasteiger partial charge is 0.495 e. The Kier molecular flexibility index (Phi) is 4.71. The number of carboxylic acids is 1. The Morgan fingerprint density at radius 1 is 1.34 bits per heavy atom. The van der Waals surface area contributed by atoms with Crippen LogP contribution in [0.25, 0.3) is 0 Å². The van der Waals surface area contributed by atoms with E-state index in [2.05, 4.69) is 27.7 Å². The summed E-state index contributed by atoms with van der Waals surface area (Å²) in [6.45, 7) is 11.4. The van der Waals surface area contributed by atoms with Gasteiger partial charge in [0, 0.05) is 30.1 Å². The monoisotopic (exact) mass is 398 g/mol. The number of pyridine rings is 1. The fraction of sp³-hybridized carbons (Fsp3) is 0.609. The summed E-state index contributed by atoms with van der Waals surface area (Å²) in [6.07, 6.45) is 4.83.